The smallest absolute Gasteiger partial charge is 0.132 e. The average molecular weight is 263 g/mol. The first kappa shape index (κ1) is 14.1. The summed E-state index contributed by atoms with van der Waals surface area (Å²) in [6, 6.07) is 2.55. The van der Waals surface area contributed by atoms with Gasteiger partial charge < -0.3 is 16.0 Å². The topological polar surface area (TPSA) is 61.9 Å². The molecule has 1 aromatic heterocycles. The Morgan fingerprint density at radius 2 is 2.00 bits per heavy atom. The van der Waals surface area contributed by atoms with Crippen LogP contribution in [0.1, 0.15) is 38.4 Å². The van der Waals surface area contributed by atoms with Crippen molar-refractivity contribution in [3.05, 3.63) is 11.9 Å². The van der Waals surface area contributed by atoms with E-state index >= 15 is 0 Å². The lowest BCUT2D eigenvalue weighted by atomic mass is 10.1. The minimum absolute atomic E-state index is 0.527. The number of hydrogen-bond acceptors (Lipinski definition) is 5. The molecule has 1 saturated heterocycles. The van der Waals surface area contributed by atoms with Crippen molar-refractivity contribution in [2.24, 2.45) is 0 Å². The Balaban J connectivity index is 1.95. The van der Waals surface area contributed by atoms with Crippen LogP contribution in [0.4, 0.5) is 11.6 Å². The first-order valence-electron chi connectivity index (χ1n) is 7.34. The second-order valence-corrected chi connectivity index (χ2v) is 5.13. The van der Waals surface area contributed by atoms with Crippen molar-refractivity contribution in [2.75, 3.05) is 30.3 Å². The van der Waals surface area contributed by atoms with E-state index < -0.39 is 0 Å². The van der Waals surface area contributed by atoms with Crippen molar-refractivity contribution in [1.29, 1.82) is 0 Å². The Morgan fingerprint density at radius 1 is 1.26 bits per heavy atom. The molecule has 0 aromatic carbocycles. The molecule has 0 spiro atoms. The van der Waals surface area contributed by atoms with Gasteiger partial charge in [-0.3, -0.25) is 0 Å². The van der Waals surface area contributed by atoms with Crippen LogP contribution in [0.3, 0.4) is 0 Å². The van der Waals surface area contributed by atoms with Crippen molar-refractivity contribution in [1.82, 2.24) is 15.3 Å². The molecule has 1 aliphatic rings. The average Bonchev–Trinajstić information content (AvgIpc) is 2.39. The van der Waals surface area contributed by atoms with E-state index in [2.05, 4.69) is 32.8 Å². The lowest BCUT2D eigenvalue weighted by Gasteiger charge is -2.24. The summed E-state index contributed by atoms with van der Waals surface area (Å²) in [5.41, 5.74) is 0. The van der Waals surface area contributed by atoms with Crippen LogP contribution in [0.5, 0.6) is 0 Å². The van der Waals surface area contributed by atoms with Crippen molar-refractivity contribution in [3.8, 4) is 0 Å². The van der Waals surface area contributed by atoms with Gasteiger partial charge in [0, 0.05) is 18.7 Å². The lowest BCUT2D eigenvalue weighted by molar-refractivity contribution is 0.478. The van der Waals surface area contributed by atoms with E-state index in [1.165, 1.54) is 12.8 Å². The lowest BCUT2D eigenvalue weighted by Crippen LogP contribution is -2.35. The van der Waals surface area contributed by atoms with E-state index in [1.54, 1.807) is 0 Å². The highest BCUT2D eigenvalue weighted by atomic mass is 15.1. The first-order chi connectivity index (χ1) is 9.28. The standard InChI is InChI=1S/C14H25N5/c1-3-4-7-16-13-10-14(18-11(2)17-13)19-12-5-8-15-9-6-12/h10,12,15H,3-9H2,1-2H3,(H2,16,17,18,19). The maximum atomic E-state index is 4.47. The van der Waals surface area contributed by atoms with Crippen LogP contribution >= 0.6 is 0 Å². The van der Waals surface area contributed by atoms with Crippen molar-refractivity contribution in [2.45, 2.75) is 45.6 Å². The second kappa shape index (κ2) is 7.28. The van der Waals surface area contributed by atoms with Crippen LogP contribution in [-0.4, -0.2) is 35.6 Å². The molecule has 3 N–H and O–H groups in total. The van der Waals surface area contributed by atoms with Crippen LogP contribution in [-0.2, 0) is 0 Å². The van der Waals surface area contributed by atoms with Crippen LogP contribution in [0.2, 0.25) is 0 Å². The van der Waals surface area contributed by atoms with Crippen LogP contribution < -0.4 is 16.0 Å². The van der Waals surface area contributed by atoms with Gasteiger partial charge in [-0.05, 0) is 39.3 Å². The van der Waals surface area contributed by atoms with Gasteiger partial charge in [0.1, 0.15) is 17.5 Å². The molecule has 0 saturated carbocycles. The molecule has 106 valence electrons. The van der Waals surface area contributed by atoms with E-state index in [9.17, 15) is 0 Å². The summed E-state index contributed by atoms with van der Waals surface area (Å²) in [5.74, 6) is 2.69. The maximum Gasteiger partial charge on any atom is 0.132 e. The normalized spacial score (nSPS) is 16.3. The zero-order valence-electron chi connectivity index (χ0n) is 12.0. The predicted octanol–water partition coefficient (Wildman–Crippen LogP) is 2.16. The molecule has 1 fully saturated rings. The van der Waals surface area contributed by atoms with E-state index in [1.807, 2.05) is 13.0 Å². The summed E-state index contributed by atoms with van der Waals surface area (Å²) < 4.78 is 0. The molecule has 0 unspecified atom stereocenters. The second-order valence-electron chi connectivity index (χ2n) is 5.13. The van der Waals surface area contributed by atoms with Gasteiger partial charge in [-0.2, -0.15) is 0 Å². The number of hydrogen-bond donors (Lipinski definition) is 3. The molecule has 0 atom stereocenters. The minimum atomic E-state index is 0.527. The summed E-state index contributed by atoms with van der Waals surface area (Å²) in [4.78, 5) is 8.90. The Labute approximate surface area is 115 Å². The number of rotatable bonds is 6. The van der Waals surface area contributed by atoms with Gasteiger partial charge in [-0.1, -0.05) is 13.3 Å². The number of aromatic nitrogens is 2. The largest absolute Gasteiger partial charge is 0.370 e. The zero-order chi connectivity index (χ0) is 13.5. The van der Waals surface area contributed by atoms with Gasteiger partial charge in [0.15, 0.2) is 0 Å². The molecular formula is C14H25N5. The van der Waals surface area contributed by atoms with E-state index in [0.717, 1.165) is 49.9 Å². The number of piperidine rings is 1. The van der Waals surface area contributed by atoms with E-state index in [-0.39, 0.29) is 0 Å². The van der Waals surface area contributed by atoms with Gasteiger partial charge in [0.25, 0.3) is 0 Å². The number of unbranched alkanes of at least 4 members (excludes halogenated alkanes) is 1. The molecule has 1 aliphatic heterocycles. The highest BCUT2D eigenvalue weighted by molar-refractivity contribution is 5.48. The Hall–Kier alpha value is -1.36. The Kier molecular flexibility index (Phi) is 5.39. The molecular weight excluding hydrogens is 238 g/mol. The monoisotopic (exact) mass is 263 g/mol. The zero-order valence-corrected chi connectivity index (χ0v) is 12.0. The van der Waals surface area contributed by atoms with Gasteiger partial charge >= 0.3 is 0 Å². The van der Waals surface area contributed by atoms with Gasteiger partial charge in [-0.15, -0.1) is 0 Å². The fourth-order valence-electron chi connectivity index (χ4n) is 2.30. The van der Waals surface area contributed by atoms with Gasteiger partial charge in [0.05, 0.1) is 0 Å². The van der Waals surface area contributed by atoms with Crippen molar-refractivity contribution in [3.63, 3.8) is 0 Å². The minimum Gasteiger partial charge on any atom is -0.370 e. The maximum absolute atomic E-state index is 4.47. The van der Waals surface area contributed by atoms with Crippen molar-refractivity contribution < 1.29 is 0 Å². The number of anilines is 2. The van der Waals surface area contributed by atoms with E-state index in [0.29, 0.717) is 6.04 Å². The fourth-order valence-corrected chi connectivity index (χ4v) is 2.30. The Morgan fingerprint density at radius 3 is 2.74 bits per heavy atom. The summed E-state index contributed by atoms with van der Waals surface area (Å²) in [7, 11) is 0. The van der Waals surface area contributed by atoms with Crippen LogP contribution in [0.25, 0.3) is 0 Å². The van der Waals surface area contributed by atoms with Crippen LogP contribution in [0, 0.1) is 6.92 Å². The van der Waals surface area contributed by atoms with Crippen LogP contribution in [0.15, 0.2) is 6.07 Å². The third kappa shape index (κ3) is 4.67. The van der Waals surface area contributed by atoms with E-state index in [4.69, 9.17) is 0 Å². The van der Waals surface area contributed by atoms with Crippen molar-refractivity contribution >= 4 is 11.6 Å². The third-order valence-electron chi connectivity index (χ3n) is 3.37. The molecule has 2 heterocycles. The van der Waals surface area contributed by atoms with Gasteiger partial charge in [-0.25, -0.2) is 9.97 Å². The molecule has 0 amide bonds. The summed E-state index contributed by atoms with van der Waals surface area (Å²) in [6.07, 6.45) is 4.67. The predicted molar refractivity (Wildman–Crippen MR) is 79.7 cm³/mol. The molecule has 2 rings (SSSR count). The molecule has 0 radical (unpaired) electrons. The number of nitrogens with zero attached hydrogens (tertiary/aromatic N) is 2. The molecule has 0 aliphatic carbocycles. The summed E-state index contributed by atoms with van der Waals surface area (Å²) in [5, 5.41) is 10.3. The molecule has 5 heteroatoms. The highest BCUT2D eigenvalue weighted by Gasteiger charge is 2.13. The fraction of sp³-hybridized carbons (Fsp3) is 0.714. The Bertz CT molecular complexity index is 387. The molecule has 19 heavy (non-hydrogen) atoms. The first-order valence-corrected chi connectivity index (χ1v) is 7.34. The quantitative estimate of drug-likeness (QED) is 0.687. The SMILES string of the molecule is CCCCNc1cc(NC2CCNCC2)nc(C)n1. The molecule has 0 bridgehead atoms. The molecule has 1 aromatic rings. The third-order valence-corrected chi connectivity index (χ3v) is 3.37. The molecule has 5 nitrogen and oxygen atoms in total. The number of nitrogens with one attached hydrogen (secondary N) is 3. The summed E-state index contributed by atoms with van der Waals surface area (Å²) >= 11 is 0. The summed E-state index contributed by atoms with van der Waals surface area (Å²) in [6.45, 7) is 7.28. The number of aryl methyl sites for hydroxylation is 1. The highest BCUT2D eigenvalue weighted by Crippen LogP contribution is 2.15. The van der Waals surface area contributed by atoms with Gasteiger partial charge in [0.2, 0.25) is 0 Å².